The summed E-state index contributed by atoms with van der Waals surface area (Å²) in [7, 11) is 0. The fourth-order valence-electron chi connectivity index (χ4n) is 1.77. The number of aliphatic hydroxyl groups is 1. The van der Waals surface area contributed by atoms with Gasteiger partial charge in [0.15, 0.2) is 17.4 Å². The molecule has 0 bridgehead atoms. The molecule has 0 amide bonds. The van der Waals surface area contributed by atoms with E-state index in [2.05, 4.69) is 0 Å². The van der Waals surface area contributed by atoms with Gasteiger partial charge in [0.1, 0.15) is 6.10 Å². The molecular weight excluding hydrogens is 226 g/mol. The fraction of sp³-hybridized carbons (Fsp3) is 0.462. The zero-order chi connectivity index (χ0) is 13.0. The maximum atomic E-state index is 13.0. The molecule has 4 heteroatoms. The number of hydrogen-bond acceptors (Lipinski definition) is 2. The number of carbonyl (C=O) groups excluding carboxylic acids is 1. The van der Waals surface area contributed by atoms with Crippen molar-refractivity contribution in [3.63, 3.8) is 0 Å². The molecule has 0 aliphatic heterocycles. The third-order valence-electron chi connectivity index (χ3n) is 2.97. The number of ketones is 1. The van der Waals surface area contributed by atoms with E-state index in [0.29, 0.717) is 12.8 Å². The van der Waals surface area contributed by atoms with Crippen molar-refractivity contribution >= 4 is 5.78 Å². The molecule has 2 nitrogen and oxygen atoms in total. The van der Waals surface area contributed by atoms with Crippen LogP contribution >= 0.6 is 0 Å². The molecule has 0 aliphatic carbocycles. The number of benzene rings is 1. The highest BCUT2D eigenvalue weighted by atomic mass is 19.2. The van der Waals surface area contributed by atoms with Crippen LogP contribution in [0.5, 0.6) is 0 Å². The first kappa shape index (κ1) is 13.8. The first-order valence-corrected chi connectivity index (χ1v) is 5.68. The second-order valence-corrected chi connectivity index (χ2v) is 4.01. The van der Waals surface area contributed by atoms with Crippen molar-refractivity contribution in [3.05, 3.63) is 35.4 Å². The molecule has 0 aromatic heterocycles. The Balaban J connectivity index is 2.92. The van der Waals surface area contributed by atoms with Crippen LogP contribution in [0.25, 0.3) is 0 Å². The van der Waals surface area contributed by atoms with Crippen LogP contribution in [-0.2, 0) is 0 Å². The number of halogens is 2. The molecule has 1 aromatic carbocycles. The van der Waals surface area contributed by atoms with Gasteiger partial charge in [0.2, 0.25) is 0 Å². The van der Waals surface area contributed by atoms with Crippen LogP contribution in [0.4, 0.5) is 8.78 Å². The van der Waals surface area contributed by atoms with E-state index in [0.717, 1.165) is 12.1 Å². The molecule has 94 valence electrons. The van der Waals surface area contributed by atoms with Crippen LogP contribution in [0.3, 0.4) is 0 Å². The predicted octanol–water partition coefficient (Wildman–Crippen LogP) is 2.94. The molecule has 0 radical (unpaired) electrons. The average molecular weight is 242 g/mol. The SMILES string of the molecule is CCC(CC)C(O)C(=O)c1ccc(F)c(F)c1. The number of Topliss-reactive ketones (excluding diaryl/α,β-unsaturated/α-hetero) is 1. The maximum Gasteiger partial charge on any atom is 0.191 e. The molecule has 1 N–H and O–H groups in total. The van der Waals surface area contributed by atoms with Crippen molar-refractivity contribution in [2.24, 2.45) is 5.92 Å². The molecule has 1 aromatic rings. The highest BCUT2D eigenvalue weighted by molar-refractivity contribution is 5.99. The van der Waals surface area contributed by atoms with Crippen LogP contribution < -0.4 is 0 Å². The second kappa shape index (κ2) is 5.87. The van der Waals surface area contributed by atoms with Gasteiger partial charge in [-0.05, 0) is 24.1 Å². The standard InChI is InChI=1S/C13H16F2O2/c1-3-8(4-2)12(16)13(17)9-5-6-10(14)11(15)7-9/h5-8,12,16H,3-4H2,1-2H3. The summed E-state index contributed by atoms with van der Waals surface area (Å²) in [6.45, 7) is 3.74. The Kier molecular flexibility index (Phi) is 4.75. The van der Waals surface area contributed by atoms with E-state index in [1.165, 1.54) is 6.07 Å². The van der Waals surface area contributed by atoms with Gasteiger partial charge in [-0.15, -0.1) is 0 Å². The lowest BCUT2D eigenvalue weighted by atomic mass is 9.91. The molecule has 0 saturated carbocycles. The number of carbonyl (C=O) groups is 1. The Hall–Kier alpha value is -1.29. The molecule has 1 rings (SSSR count). The van der Waals surface area contributed by atoms with E-state index in [1.54, 1.807) is 0 Å². The Bertz CT molecular complexity index is 400. The highest BCUT2D eigenvalue weighted by Crippen LogP contribution is 2.18. The second-order valence-electron chi connectivity index (χ2n) is 4.01. The topological polar surface area (TPSA) is 37.3 Å². The third kappa shape index (κ3) is 3.09. The normalized spacial score (nSPS) is 12.8. The van der Waals surface area contributed by atoms with Crippen LogP contribution in [0.15, 0.2) is 18.2 Å². The predicted molar refractivity (Wildman–Crippen MR) is 60.8 cm³/mol. The van der Waals surface area contributed by atoms with Crippen molar-refractivity contribution in [1.29, 1.82) is 0 Å². The summed E-state index contributed by atoms with van der Waals surface area (Å²) < 4.78 is 25.7. The third-order valence-corrected chi connectivity index (χ3v) is 2.97. The number of rotatable bonds is 5. The summed E-state index contributed by atoms with van der Waals surface area (Å²) >= 11 is 0. The van der Waals surface area contributed by atoms with Gasteiger partial charge < -0.3 is 5.11 Å². The lowest BCUT2D eigenvalue weighted by molar-refractivity contribution is 0.0587. The van der Waals surface area contributed by atoms with Crippen molar-refractivity contribution < 1.29 is 18.7 Å². The monoisotopic (exact) mass is 242 g/mol. The first-order chi connectivity index (χ1) is 8.01. The van der Waals surface area contributed by atoms with Crippen LogP contribution in [0.1, 0.15) is 37.0 Å². The fourth-order valence-corrected chi connectivity index (χ4v) is 1.77. The summed E-state index contributed by atoms with van der Waals surface area (Å²) in [4.78, 5) is 11.8. The van der Waals surface area contributed by atoms with Gasteiger partial charge in [0.25, 0.3) is 0 Å². The van der Waals surface area contributed by atoms with Crippen LogP contribution in [-0.4, -0.2) is 17.0 Å². The molecule has 17 heavy (non-hydrogen) atoms. The Labute approximate surface area is 99.3 Å². The summed E-state index contributed by atoms with van der Waals surface area (Å²) in [5.41, 5.74) is 0.00306. The molecular formula is C13H16F2O2. The first-order valence-electron chi connectivity index (χ1n) is 5.68. The van der Waals surface area contributed by atoms with E-state index in [-0.39, 0.29) is 11.5 Å². The van der Waals surface area contributed by atoms with Gasteiger partial charge in [0.05, 0.1) is 0 Å². The molecule has 0 fully saturated rings. The van der Waals surface area contributed by atoms with Crippen molar-refractivity contribution in [2.45, 2.75) is 32.8 Å². The van der Waals surface area contributed by atoms with E-state index < -0.39 is 23.5 Å². The Morgan fingerprint density at radius 2 is 1.82 bits per heavy atom. The van der Waals surface area contributed by atoms with E-state index in [9.17, 15) is 18.7 Å². The summed E-state index contributed by atoms with van der Waals surface area (Å²) in [6, 6.07) is 2.90. The molecule has 1 unspecified atom stereocenters. The van der Waals surface area contributed by atoms with Gasteiger partial charge in [-0.25, -0.2) is 8.78 Å². The summed E-state index contributed by atoms with van der Waals surface area (Å²) in [6.07, 6.45) is 0.162. The minimum Gasteiger partial charge on any atom is -0.385 e. The molecule has 0 spiro atoms. The van der Waals surface area contributed by atoms with Gasteiger partial charge in [-0.3, -0.25) is 4.79 Å². The zero-order valence-electron chi connectivity index (χ0n) is 9.91. The van der Waals surface area contributed by atoms with Crippen molar-refractivity contribution in [2.75, 3.05) is 0 Å². The number of hydrogen-bond donors (Lipinski definition) is 1. The lowest BCUT2D eigenvalue weighted by Gasteiger charge is -2.18. The van der Waals surface area contributed by atoms with Crippen molar-refractivity contribution in [3.8, 4) is 0 Å². The molecule has 0 saturated heterocycles. The Morgan fingerprint density at radius 3 is 2.29 bits per heavy atom. The number of aliphatic hydroxyl groups excluding tert-OH is 1. The largest absolute Gasteiger partial charge is 0.385 e. The van der Waals surface area contributed by atoms with Gasteiger partial charge in [-0.1, -0.05) is 26.7 Å². The molecule has 0 aliphatic rings. The van der Waals surface area contributed by atoms with Crippen LogP contribution in [0.2, 0.25) is 0 Å². The van der Waals surface area contributed by atoms with Crippen LogP contribution in [0, 0.1) is 17.6 Å². The van der Waals surface area contributed by atoms with Gasteiger partial charge in [0, 0.05) is 5.56 Å². The van der Waals surface area contributed by atoms with E-state index in [4.69, 9.17) is 0 Å². The Morgan fingerprint density at radius 1 is 1.24 bits per heavy atom. The minimum atomic E-state index is -1.16. The van der Waals surface area contributed by atoms with Gasteiger partial charge >= 0.3 is 0 Å². The minimum absolute atomic E-state index is 0.00306. The average Bonchev–Trinajstić information content (AvgIpc) is 2.33. The summed E-state index contributed by atoms with van der Waals surface area (Å²) in [5, 5.41) is 9.83. The smallest absolute Gasteiger partial charge is 0.191 e. The molecule has 0 heterocycles. The summed E-state index contributed by atoms with van der Waals surface area (Å²) in [5.74, 6) is -2.79. The van der Waals surface area contributed by atoms with E-state index >= 15 is 0 Å². The molecule has 1 atom stereocenters. The quantitative estimate of drug-likeness (QED) is 0.806. The van der Waals surface area contributed by atoms with Crippen molar-refractivity contribution in [1.82, 2.24) is 0 Å². The lowest BCUT2D eigenvalue weighted by Crippen LogP contribution is -2.29. The zero-order valence-corrected chi connectivity index (χ0v) is 9.91. The highest BCUT2D eigenvalue weighted by Gasteiger charge is 2.25. The maximum absolute atomic E-state index is 13.0. The van der Waals surface area contributed by atoms with E-state index in [1.807, 2.05) is 13.8 Å². The van der Waals surface area contributed by atoms with Gasteiger partial charge in [-0.2, -0.15) is 0 Å².